The lowest BCUT2D eigenvalue weighted by Crippen LogP contribution is -2.34. The van der Waals surface area contributed by atoms with Crippen molar-refractivity contribution in [2.24, 2.45) is 5.73 Å². The molecule has 3 nitrogen and oxygen atoms in total. The molecule has 0 fully saturated rings. The van der Waals surface area contributed by atoms with Crippen LogP contribution in [0.4, 0.5) is 13.2 Å². The summed E-state index contributed by atoms with van der Waals surface area (Å²) in [4.78, 5) is 0. The number of halogens is 3. The molecule has 0 radical (unpaired) electrons. The van der Waals surface area contributed by atoms with Crippen molar-refractivity contribution < 1.29 is 22.6 Å². The Labute approximate surface area is 89.9 Å². The van der Waals surface area contributed by atoms with E-state index >= 15 is 0 Å². The van der Waals surface area contributed by atoms with E-state index in [1.807, 2.05) is 0 Å². The molecular weight excluding hydrogens is 223 g/mol. The second-order valence-electron chi connectivity index (χ2n) is 3.56. The van der Waals surface area contributed by atoms with E-state index in [2.05, 4.69) is 4.74 Å². The number of alkyl halides is 3. The molecule has 1 heterocycles. The monoisotopic (exact) mass is 233 g/mol. The first-order valence-corrected chi connectivity index (χ1v) is 4.72. The number of ether oxygens (including phenoxy) is 2. The fourth-order valence-corrected chi connectivity index (χ4v) is 1.62. The van der Waals surface area contributed by atoms with Crippen molar-refractivity contribution in [2.75, 3.05) is 6.61 Å². The smallest absolute Gasteiger partial charge is 0.492 e. The third kappa shape index (κ3) is 2.38. The number of rotatable bonds is 1. The Kier molecular flexibility index (Phi) is 2.67. The molecule has 2 rings (SSSR count). The molecule has 2 N–H and O–H groups in total. The standard InChI is InChI=1S/C10H10F3NO2/c11-10(12,13)16-9-3-1-2-8-7(9)4-6(14)5-15-8/h1-3,6H,4-5,14H2. The largest absolute Gasteiger partial charge is 0.573 e. The summed E-state index contributed by atoms with van der Waals surface area (Å²) < 4.78 is 45.5. The Balaban J connectivity index is 2.32. The van der Waals surface area contributed by atoms with Crippen LogP contribution >= 0.6 is 0 Å². The average Bonchev–Trinajstić information content (AvgIpc) is 2.17. The number of hydrogen-bond donors (Lipinski definition) is 1. The minimum Gasteiger partial charge on any atom is -0.492 e. The molecule has 1 aliphatic heterocycles. The Morgan fingerprint density at radius 2 is 2.12 bits per heavy atom. The minimum absolute atomic E-state index is 0.236. The second-order valence-corrected chi connectivity index (χ2v) is 3.56. The van der Waals surface area contributed by atoms with Gasteiger partial charge in [0.15, 0.2) is 0 Å². The molecule has 0 bridgehead atoms. The van der Waals surface area contributed by atoms with Crippen LogP contribution in [0.2, 0.25) is 0 Å². The van der Waals surface area contributed by atoms with Gasteiger partial charge in [0.25, 0.3) is 0 Å². The van der Waals surface area contributed by atoms with Gasteiger partial charge < -0.3 is 15.2 Å². The Hall–Kier alpha value is -1.43. The van der Waals surface area contributed by atoms with Gasteiger partial charge in [0.05, 0.1) is 0 Å². The summed E-state index contributed by atoms with van der Waals surface area (Å²) in [5.41, 5.74) is 5.99. The van der Waals surface area contributed by atoms with Crippen LogP contribution in [0.3, 0.4) is 0 Å². The summed E-state index contributed by atoms with van der Waals surface area (Å²) >= 11 is 0. The Bertz CT molecular complexity index is 392. The van der Waals surface area contributed by atoms with E-state index in [4.69, 9.17) is 10.5 Å². The fourth-order valence-electron chi connectivity index (χ4n) is 1.62. The lowest BCUT2D eigenvalue weighted by Gasteiger charge is -2.24. The maximum atomic E-state index is 12.1. The van der Waals surface area contributed by atoms with Gasteiger partial charge in [0, 0.05) is 11.6 Å². The average molecular weight is 233 g/mol. The number of hydrogen-bond acceptors (Lipinski definition) is 3. The van der Waals surface area contributed by atoms with Crippen LogP contribution in [-0.2, 0) is 6.42 Å². The van der Waals surface area contributed by atoms with Crippen molar-refractivity contribution in [1.29, 1.82) is 0 Å². The van der Waals surface area contributed by atoms with Gasteiger partial charge in [-0.2, -0.15) is 0 Å². The van der Waals surface area contributed by atoms with Crippen LogP contribution in [0.25, 0.3) is 0 Å². The van der Waals surface area contributed by atoms with E-state index < -0.39 is 6.36 Å². The SMILES string of the molecule is NC1COc2cccc(OC(F)(F)F)c2C1. The summed E-state index contributed by atoms with van der Waals surface area (Å²) in [5.74, 6) is 0.170. The zero-order valence-electron chi connectivity index (χ0n) is 8.25. The second kappa shape index (κ2) is 3.86. The summed E-state index contributed by atoms with van der Waals surface area (Å²) in [6, 6.07) is 4.01. The molecular formula is C10H10F3NO2. The van der Waals surface area contributed by atoms with Gasteiger partial charge in [0.1, 0.15) is 18.1 Å². The molecule has 0 aliphatic carbocycles. The van der Waals surface area contributed by atoms with Crippen molar-refractivity contribution in [3.05, 3.63) is 23.8 Å². The van der Waals surface area contributed by atoms with E-state index in [0.29, 0.717) is 24.3 Å². The van der Waals surface area contributed by atoms with E-state index in [1.165, 1.54) is 12.1 Å². The molecule has 0 saturated carbocycles. The van der Waals surface area contributed by atoms with E-state index in [9.17, 15) is 13.2 Å². The van der Waals surface area contributed by atoms with Gasteiger partial charge in [-0.05, 0) is 18.6 Å². The van der Waals surface area contributed by atoms with Gasteiger partial charge in [-0.3, -0.25) is 0 Å². The topological polar surface area (TPSA) is 44.5 Å². The summed E-state index contributed by atoms with van der Waals surface area (Å²) in [5, 5.41) is 0. The molecule has 0 amide bonds. The van der Waals surface area contributed by atoms with Gasteiger partial charge in [0.2, 0.25) is 0 Å². The van der Waals surface area contributed by atoms with E-state index in [1.54, 1.807) is 6.07 Å². The molecule has 16 heavy (non-hydrogen) atoms. The molecule has 0 spiro atoms. The molecule has 6 heteroatoms. The maximum Gasteiger partial charge on any atom is 0.573 e. The summed E-state index contributed by atoms with van der Waals surface area (Å²) in [7, 11) is 0. The van der Waals surface area contributed by atoms with Gasteiger partial charge >= 0.3 is 6.36 Å². The Morgan fingerprint density at radius 1 is 1.38 bits per heavy atom. The minimum atomic E-state index is -4.70. The molecule has 0 aromatic heterocycles. The van der Waals surface area contributed by atoms with Gasteiger partial charge in [-0.1, -0.05) is 6.07 Å². The lowest BCUT2D eigenvalue weighted by atomic mass is 10.0. The molecule has 1 aliphatic rings. The fraction of sp³-hybridized carbons (Fsp3) is 0.400. The highest BCUT2D eigenvalue weighted by molar-refractivity contribution is 5.46. The molecule has 1 aromatic rings. The van der Waals surface area contributed by atoms with Crippen LogP contribution in [0.5, 0.6) is 11.5 Å². The molecule has 1 aromatic carbocycles. The summed E-state index contributed by atoms with van der Waals surface area (Å²) in [6.07, 6.45) is -4.38. The first kappa shape index (κ1) is 11.1. The third-order valence-electron chi connectivity index (χ3n) is 2.23. The van der Waals surface area contributed by atoms with Crippen LogP contribution in [0, 0.1) is 0 Å². The third-order valence-corrected chi connectivity index (χ3v) is 2.23. The van der Waals surface area contributed by atoms with Crippen molar-refractivity contribution in [3.8, 4) is 11.5 Å². The van der Waals surface area contributed by atoms with Crippen LogP contribution in [0.1, 0.15) is 5.56 Å². The van der Waals surface area contributed by atoms with Crippen LogP contribution in [0.15, 0.2) is 18.2 Å². The zero-order chi connectivity index (χ0) is 11.8. The predicted octanol–water partition coefficient (Wildman–Crippen LogP) is 1.85. The molecule has 0 saturated heterocycles. The normalized spacial score (nSPS) is 19.9. The van der Waals surface area contributed by atoms with Crippen molar-refractivity contribution in [1.82, 2.24) is 0 Å². The maximum absolute atomic E-state index is 12.1. The highest BCUT2D eigenvalue weighted by atomic mass is 19.4. The number of benzene rings is 1. The molecule has 88 valence electrons. The molecule has 1 unspecified atom stereocenters. The van der Waals surface area contributed by atoms with Crippen molar-refractivity contribution in [2.45, 2.75) is 18.8 Å². The molecule has 1 atom stereocenters. The van der Waals surface area contributed by atoms with Gasteiger partial charge in [-0.25, -0.2) is 0 Å². The predicted molar refractivity (Wildman–Crippen MR) is 50.3 cm³/mol. The zero-order valence-corrected chi connectivity index (χ0v) is 8.25. The van der Waals surface area contributed by atoms with Crippen molar-refractivity contribution >= 4 is 0 Å². The first-order valence-electron chi connectivity index (χ1n) is 4.72. The first-order chi connectivity index (χ1) is 7.46. The van der Waals surface area contributed by atoms with Crippen molar-refractivity contribution in [3.63, 3.8) is 0 Å². The van der Waals surface area contributed by atoms with Gasteiger partial charge in [-0.15, -0.1) is 13.2 Å². The van der Waals surface area contributed by atoms with E-state index in [0.717, 1.165) is 0 Å². The lowest BCUT2D eigenvalue weighted by molar-refractivity contribution is -0.275. The van der Waals surface area contributed by atoms with Crippen LogP contribution < -0.4 is 15.2 Å². The van der Waals surface area contributed by atoms with Crippen LogP contribution in [-0.4, -0.2) is 19.0 Å². The van der Waals surface area contributed by atoms with E-state index in [-0.39, 0.29) is 11.8 Å². The summed E-state index contributed by atoms with van der Waals surface area (Å²) in [6.45, 7) is 0.308. The number of fused-ring (bicyclic) bond motifs is 1. The Morgan fingerprint density at radius 3 is 2.81 bits per heavy atom. The number of nitrogens with two attached hydrogens (primary N) is 1. The highest BCUT2D eigenvalue weighted by Gasteiger charge is 2.33. The highest BCUT2D eigenvalue weighted by Crippen LogP contribution is 2.35. The quantitative estimate of drug-likeness (QED) is 0.805.